The molecule has 0 saturated carbocycles. The molecular formula is C18H29ClIN3O3. The second-order valence-electron chi connectivity index (χ2n) is 5.75. The Morgan fingerprint density at radius 2 is 2.23 bits per heavy atom. The minimum absolute atomic E-state index is 0. The predicted octanol–water partition coefficient (Wildman–Crippen LogP) is 3.22. The monoisotopic (exact) mass is 497 g/mol. The molecule has 0 spiro atoms. The van der Waals surface area contributed by atoms with E-state index in [0.29, 0.717) is 18.2 Å². The summed E-state index contributed by atoms with van der Waals surface area (Å²) in [7, 11) is 1.76. The first-order valence-corrected chi connectivity index (χ1v) is 9.15. The Bertz CT molecular complexity index is 554. The van der Waals surface area contributed by atoms with Gasteiger partial charge in [-0.2, -0.15) is 0 Å². The molecule has 2 rings (SSSR count). The first-order valence-electron chi connectivity index (χ1n) is 8.78. The predicted molar refractivity (Wildman–Crippen MR) is 116 cm³/mol. The Hall–Kier alpha value is -0.770. The van der Waals surface area contributed by atoms with E-state index >= 15 is 0 Å². The molecule has 26 heavy (non-hydrogen) atoms. The van der Waals surface area contributed by atoms with Crippen molar-refractivity contribution in [3.05, 3.63) is 28.8 Å². The van der Waals surface area contributed by atoms with Crippen molar-refractivity contribution in [1.29, 1.82) is 0 Å². The van der Waals surface area contributed by atoms with Crippen molar-refractivity contribution in [2.75, 3.05) is 40.0 Å². The van der Waals surface area contributed by atoms with Gasteiger partial charge in [0.25, 0.3) is 0 Å². The van der Waals surface area contributed by atoms with Crippen molar-refractivity contribution in [2.45, 2.75) is 32.4 Å². The lowest BCUT2D eigenvalue weighted by atomic mass is 10.2. The van der Waals surface area contributed by atoms with Gasteiger partial charge < -0.3 is 24.8 Å². The topological polar surface area (TPSA) is 64.1 Å². The van der Waals surface area contributed by atoms with Crippen LogP contribution in [0.1, 0.15) is 25.3 Å². The zero-order valence-electron chi connectivity index (χ0n) is 15.4. The molecule has 1 atom stereocenters. The van der Waals surface area contributed by atoms with Gasteiger partial charge in [-0.15, -0.1) is 24.0 Å². The summed E-state index contributed by atoms with van der Waals surface area (Å²) in [5.74, 6) is 1.55. The molecule has 8 heteroatoms. The highest BCUT2D eigenvalue weighted by Gasteiger charge is 2.15. The highest BCUT2D eigenvalue weighted by atomic mass is 127. The molecule has 0 aromatic heterocycles. The molecule has 6 nitrogen and oxygen atoms in total. The molecule has 1 unspecified atom stereocenters. The minimum atomic E-state index is 0. The highest BCUT2D eigenvalue weighted by molar-refractivity contribution is 14.0. The molecule has 1 saturated heterocycles. The smallest absolute Gasteiger partial charge is 0.191 e. The van der Waals surface area contributed by atoms with Gasteiger partial charge in [0.15, 0.2) is 5.96 Å². The maximum atomic E-state index is 6.03. The largest absolute Gasteiger partial charge is 0.493 e. The van der Waals surface area contributed by atoms with Gasteiger partial charge in [-0.1, -0.05) is 17.7 Å². The number of hydrogen-bond acceptors (Lipinski definition) is 4. The third-order valence-electron chi connectivity index (χ3n) is 3.85. The Morgan fingerprint density at radius 3 is 2.92 bits per heavy atom. The average Bonchev–Trinajstić information content (AvgIpc) is 3.12. The Labute approximate surface area is 178 Å². The lowest BCUT2D eigenvalue weighted by molar-refractivity contribution is 0.0420. The van der Waals surface area contributed by atoms with Crippen molar-refractivity contribution in [2.24, 2.45) is 4.99 Å². The Kier molecular flexibility index (Phi) is 12.0. The van der Waals surface area contributed by atoms with Crippen molar-refractivity contribution in [3.63, 3.8) is 0 Å². The van der Waals surface area contributed by atoms with Gasteiger partial charge in [-0.25, -0.2) is 0 Å². The number of nitrogens with one attached hydrogen (secondary N) is 2. The van der Waals surface area contributed by atoms with Crippen LogP contribution in [0, 0.1) is 0 Å². The molecule has 1 heterocycles. The standard InChI is InChI=1S/C18H28ClN3O3.HI/c1-3-24-17-11-15(19)6-5-14(17)12-22-18(20-2)21-8-4-9-25-16-7-10-23-13-16;/h5-6,11,16H,3-4,7-10,12-13H2,1-2H3,(H2,20,21,22);1H. The summed E-state index contributed by atoms with van der Waals surface area (Å²) < 4.78 is 16.7. The van der Waals surface area contributed by atoms with E-state index in [9.17, 15) is 0 Å². The molecular weight excluding hydrogens is 469 g/mol. The SMILES string of the molecule is CCOc1cc(Cl)ccc1CNC(=NC)NCCCOC1CCOC1.I. The van der Waals surface area contributed by atoms with E-state index < -0.39 is 0 Å². The van der Waals surface area contributed by atoms with Gasteiger partial charge in [0.2, 0.25) is 0 Å². The molecule has 0 amide bonds. The molecule has 0 aliphatic carbocycles. The van der Waals surface area contributed by atoms with E-state index in [1.807, 2.05) is 25.1 Å². The lowest BCUT2D eigenvalue weighted by Gasteiger charge is -2.15. The fraction of sp³-hybridized carbons (Fsp3) is 0.611. The number of nitrogens with zero attached hydrogens (tertiary/aromatic N) is 1. The summed E-state index contributed by atoms with van der Waals surface area (Å²) in [6.07, 6.45) is 2.18. The van der Waals surface area contributed by atoms with Crippen LogP contribution in [0.15, 0.2) is 23.2 Å². The van der Waals surface area contributed by atoms with Crippen LogP contribution in [0.5, 0.6) is 5.75 Å². The third kappa shape index (κ3) is 8.28. The summed E-state index contributed by atoms with van der Waals surface area (Å²) in [5.41, 5.74) is 1.04. The maximum Gasteiger partial charge on any atom is 0.191 e. The molecule has 1 aromatic rings. The fourth-order valence-electron chi connectivity index (χ4n) is 2.54. The second kappa shape index (κ2) is 13.4. The number of hydrogen-bond donors (Lipinski definition) is 2. The highest BCUT2D eigenvalue weighted by Crippen LogP contribution is 2.23. The van der Waals surface area contributed by atoms with Crippen LogP contribution in [0.2, 0.25) is 5.02 Å². The van der Waals surface area contributed by atoms with Gasteiger partial charge in [0, 0.05) is 43.9 Å². The quantitative estimate of drug-likeness (QED) is 0.237. The van der Waals surface area contributed by atoms with Gasteiger partial charge in [-0.05, 0) is 31.9 Å². The van der Waals surface area contributed by atoms with Crippen molar-refractivity contribution in [1.82, 2.24) is 10.6 Å². The summed E-state index contributed by atoms with van der Waals surface area (Å²) >= 11 is 6.03. The molecule has 2 N–H and O–H groups in total. The minimum Gasteiger partial charge on any atom is -0.493 e. The summed E-state index contributed by atoms with van der Waals surface area (Å²) in [5, 5.41) is 7.25. The number of halogens is 2. The lowest BCUT2D eigenvalue weighted by Crippen LogP contribution is -2.37. The van der Waals surface area contributed by atoms with Crippen molar-refractivity contribution >= 4 is 41.5 Å². The fourth-order valence-corrected chi connectivity index (χ4v) is 2.70. The molecule has 148 valence electrons. The van der Waals surface area contributed by atoms with Crippen LogP contribution in [0.25, 0.3) is 0 Å². The molecule has 1 aliphatic rings. The first-order chi connectivity index (χ1) is 12.2. The van der Waals surface area contributed by atoms with Gasteiger partial charge in [0.1, 0.15) is 5.75 Å². The van der Waals surface area contributed by atoms with Gasteiger partial charge >= 0.3 is 0 Å². The summed E-state index contributed by atoms with van der Waals surface area (Å²) in [6.45, 7) is 6.23. The average molecular weight is 498 g/mol. The van der Waals surface area contributed by atoms with Crippen molar-refractivity contribution in [3.8, 4) is 5.75 Å². The maximum absolute atomic E-state index is 6.03. The number of benzene rings is 1. The molecule has 0 radical (unpaired) electrons. The van der Waals surface area contributed by atoms with E-state index in [1.54, 1.807) is 7.05 Å². The van der Waals surface area contributed by atoms with Crippen LogP contribution >= 0.6 is 35.6 Å². The summed E-state index contributed by atoms with van der Waals surface area (Å²) in [6, 6.07) is 5.66. The number of ether oxygens (including phenoxy) is 3. The van der Waals surface area contributed by atoms with E-state index in [4.69, 9.17) is 25.8 Å². The van der Waals surface area contributed by atoms with Crippen LogP contribution < -0.4 is 15.4 Å². The molecule has 1 aromatic carbocycles. The first kappa shape index (κ1) is 23.3. The van der Waals surface area contributed by atoms with Crippen molar-refractivity contribution < 1.29 is 14.2 Å². The van der Waals surface area contributed by atoms with E-state index in [-0.39, 0.29) is 30.1 Å². The molecule has 0 bridgehead atoms. The van der Waals surface area contributed by atoms with Crippen LogP contribution in [-0.4, -0.2) is 52.1 Å². The molecule has 1 aliphatic heterocycles. The van der Waals surface area contributed by atoms with E-state index in [0.717, 1.165) is 56.5 Å². The molecule has 1 fully saturated rings. The van der Waals surface area contributed by atoms with Crippen LogP contribution in [-0.2, 0) is 16.0 Å². The van der Waals surface area contributed by atoms with Gasteiger partial charge in [0.05, 0.1) is 19.3 Å². The third-order valence-corrected chi connectivity index (χ3v) is 4.09. The van der Waals surface area contributed by atoms with Crippen LogP contribution in [0.4, 0.5) is 0 Å². The van der Waals surface area contributed by atoms with E-state index in [1.165, 1.54) is 0 Å². The Balaban J connectivity index is 0.00000338. The normalized spacial score (nSPS) is 16.9. The zero-order chi connectivity index (χ0) is 17.9. The van der Waals surface area contributed by atoms with Crippen LogP contribution in [0.3, 0.4) is 0 Å². The zero-order valence-corrected chi connectivity index (χ0v) is 18.5. The number of aliphatic imine (C=N–C) groups is 1. The second-order valence-corrected chi connectivity index (χ2v) is 6.18. The number of rotatable bonds is 9. The Morgan fingerprint density at radius 1 is 1.38 bits per heavy atom. The summed E-state index contributed by atoms with van der Waals surface area (Å²) in [4.78, 5) is 4.24. The van der Waals surface area contributed by atoms with Gasteiger partial charge in [-0.3, -0.25) is 4.99 Å². The van der Waals surface area contributed by atoms with E-state index in [2.05, 4.69) is 15.6 Å². The number of guanidine groups is 1.